The zero-order valence-corrected chi connectivity index (χ0v) is 13.3. The van der Waals surface area contributed by atoms with Gasteiger partial charge in [-0.05, 0) is 25.2 Å². The van der Waals surface area contributed by atoms with Crippen LogP contribution in [0.5, 0.6) is 0 Å². The van der Waals surface area contributed by atoms with Gasteiger partial charge in [0.1, 0.15) is 12.3 Å². The number of pyridine rings is 1. The lowest BCUT2D eigenvalue weighted by Crippen LogP contribution is -2.26. The molecule has 2 aromatic rings. The first kappa shape index (κ1) is 16.2. The van der Waals surface area contributed by atoms with E-state index in [1.807, 2.05) is 42.5 Å². The highest BCUT2D eigenvalue weighted by molar-refractivity contribution is 6.12. The summed E-state index contributed by atoms with van der Waals surface area (Å²) in [5.74, 6) is 0. The van der Waals surface area contributed by atoms with Crippen molar-refractivity contribution in [3.05, 3.63) is 66.0 Å². The highest BCUT2D eigenvalue weighted by Crippen LogP contribution is 2.10. The van der Waals surface area contributed by atoms with E-state index in [2.05, 4.69) is 28.9 Å². The average molecular weight is 297 g/mol. The van der Waals surface area contributed by atoms with Gasteiger partial charge in [-0.15, -0.1) is 0 Å². The minimum absolute atomic E-state index is 0.582. The van der Waals surface area contributed by atoms with Gasteiger partial charge >= 0.3 is 0 Å². The van der Waals surface area contributed by atoms with Crippen LogP contribution in [0.2, 0.25) is 0 Å². The highest BCUT2D eigenvalue weighted by Gasteiger charge is 2.07. The number of hydrogen-bond acceptors (Lipinski definition) is 4. The van der Waals surface area contributed by atoms with Crippen LogP contribution in [0.4, 0.5) is 0 Å². The maximum atomic E-state index is 5.56. The van der Waals surface area contributed by atoms with Gasteiger partial charge in [0.2, 0.25) is 0 Å². The van der Waals surface area contributed by atoms with Crippen LogP contribution in [0, 0.1) is 0 Å². The Balaban J connectivity index is 2.10. The Hall–Kier alpha value is -2.20. The molecule has 0 atom stereocenters. The Morgan fingerprint density at radius 2 is 1.77 bits per heavy atom. The second kappa shape index (κ2) is 8.95. The van der Waals surface area contributed by atoms with Crippen molar-refractivity contribution in [3.8, 4) is 0 Å². The van der Waals surface area contributed by atoms with Crippen molar-refractivity contribution >= 4 is 5.71 Å². The second-order valence-corrected chi connectivity index (χ2v) is 4.91. The molecular weight excluding hydrogens is 274 g/mol. The number of likely N-dealkylation sites (N-methyl/N-ethyl adjacent to an activating group) is 1. The third kappa shape index (κ3) is 4.67. The Morgan fingerprint density at radius 1 is 1.05 bits per heavy atom. The Kier molecular flexibility index (Phi) is 6.58. The van der Waals surface area contributed by atoms with E-state index in [1.165, 1.54) is 0 Å². The molecule has 1 aromatic heterocycles. The average Bonchev–Trinajstić information content (AvgIpc) is 2.60. The molecule has 0 amide bonds. The summed E-state index contributed by atoms with van der Waals surface area (Å²) >= 11 is 0. The summed E-state index contributed by atoms with van der Waals surface area (Å²) < 4.78 is 0. The summed E-state index contributed by atoms with van der Waals surface area (Å²) in [5, 5.41) is 4.35. The van der Waals surface area contributed by atoms with E-state index in [-0.39, 0.29) is 0 Å². The van der Waals surface area contributed by atoms with E-state index in [0.29, 0.717) is 6.61 Å². The van der Waals surface area contributed by atoms with Crippen LogP contribution in [-0.2, 0) is 4.84 Å². The molecule has 0 spiro atoms. The molecule has 1 aromatic carbocycles. The van der Waals surface area contributed by atoms with Gasteiger partial charge in [-0.25, -0.2) is 0 Å². The zero-order chi connectivity index (χ0) is 15.6. The number of benzene rings is 1. The van der Waals surface area contributed by atoms with E-state index in [1.54, 1.807) is 12.4 Å². The molecule has 0 fully saturated rings. The summed E-state index contributed by atoms with van der Waals surface area (Å²) in [6.45, 7) is 7.81. The number of oxime groups is 1. The first-order valence-corrected chi connectivity index (χ1v) is 7.73. The molecule has 116 valence electrons. The van der Waals surface area contributed by atoms with E-state index >= 15 is 0 Å². The lowest BCUT2D eigenvalue weighted by Gasteiger charge is -2.16. The minimum Gasteiger partial charge on any atom is -0.394 e. The van der Waals surface area contributed by atoms with Crippen molar-refractivity contribution in [2.24, 2.45) is 5.16 Å². The molecule has 4 heteroatoms. The minimum atomic E-state index is 0.582. The molecule has 0 unspecified atom stereocenters. The van der Waals surface area contributed by atoms with Crippen LogP contribution in [0.15, 0.2) is 60.0 Å². The maximum Gasteiger partial charge on any atom is 0.129 e. The lowest BCUT2D eigenvalue weighted by atomic mass is 10.0. The van der Waals surface area contributed by atoms with Gasteiger partial charge < -0.3 is 9.74 Å². The van der Waals surface area contributed by atoms with Crippen molar-refractivity contribution in [1.29, 1.82) is 0 Å². The maximum absolute atomic E-state index is 5.56. The lowest BCUT2D eigenvalue weighted by molar-refractivity contribution is 0.114. The molecule has 22 heavy (non-hydrogen) atoms. The third-order valence-electron chi connectivity index (χ3n) is 3.53. The molecule has 0 aliphatic rings. The quantitative estimate of drug-likeness (QED) is 0.426. The van der Waals surface area contributed by atoms with Crippen molar-refractivity contribution in [1.82, 2.24) is 9.88 Å². The molecule has 4 nitrogen and oxygen atoms in total. The van der Waals surface area contributed by atoms with E-state index in [0.717, 1.165) is 36.5 Å². The monoisotopic (exact) mass is 297 g/mol. The number of hydrogen-bond donors (Lipinski definition) is 0. The molecule has 0 aliphatic carbocycles. The SMILES string of the molecule is CCN(CC)CCO/N=C(/c1ccccc1)c1cccnc1. The molecule has 0 saturated carbocycles. The summed E-state index contributed by atoms with van der Waals surface area (Å²) in [4.78, 5) is 12.0. The highest BCUT2D eigenvalue weighted by atomic mass is 16.6. The smallest absolute Gasteiger partial charge is 0.129 e. The Labute approximate surface area is 132 Å². The van der Waals surface area contributed by atoms with Crippen molar-refractivity contribution in [3.63, 3.8) is 0 Å². The largest absolute Gasteiger partial charge is 0.394 e. The van der Waals surface area contributed by atoms with Crippen molar-refractivity contribution in [2.75, 3.05) is 26.2 Å². The van der Waals surface area contributed by atoms with Gasteiger partial charge in [0.05, 0.1) is 0 Å². The summed E-state index contributed by atoms with van der Waals surface area (Å²) in [6, 6.07) is 13.9. The molecule has 0 radical (unpaired) electrons. The molecule has 0 aliphatic heterocycles. The first-order chi connectivity index (χ1) is 10.8. The van der Waals surface area contributed by atoms with E-state index < -0.39 is 0 Å². The van der Waals surface area contributed by atoms with Crippen molar-refractivity contribution < 1.29 is 4.84 Å². The van der Waals surface area contributed by atoms with Crippen LogP contribution in [-0.4, -0.2) is 41.8 Å². The fourth-order valence-electron chi connectivity index (χ4n) is 2.19. The predicted molar refractivity (Wildman–Crippen MR) is 90.1 cm³/mol. The summed E-state index contributed by atoms with van der Waals surface area (Å²) in [7, 11) is 0. The topological polar surface area (TPSA) is 37.7 Å². The zero-order valence-electron chi connectivity index (χ0n) is 13.3. The Morgan fingerprint density at radius 3 is 2.41 bits per heavy atom. The van der Waals surface area contributed by atoms with Crippen LogP contribution in [0.3, 0.4) is 0 Å². The summed E-state index contributed by atoms with van der Waals surface area (Å²) in [6.07, 6.45) is 3.56. The van der Waals surface area contributed by atoms with Gasteiger partial charge in [-0.3, -0.25) is 4.98 Å². The number of rotatable bonds is 8. The van der Waals surface area contributed by atoms with Crippen LogP contribution < -0.4 is 0 Å². The van der Waals surface area contributed by atoms with Gasteiger partial charge in [0, 0.05) is 30.1 Å². The normalized spacial score (nSPS) is 11.7. The van der Waals surface area contributed by atoms with Gasteiger partial charge in [-0.1, -0.05) is 49.3 Å². The standard InChI is InChI=1S/C18H23N3O/c1-3-21(4-2)13-14-22-20-18(16-9-6-5-7-10-16)17-11-8-12-19-15-17/h5-12,15H,3-4,13-14H2,1-2H3/b20-18-. The second-order valence-electron chi connectivity index (χ2n) is 4.91. The molecule has 0 saturated heterocycles. The fraction of sp³-hybridized carbons (Fsp3) is 0.333. The van der Waals surface area contributed by atoms with Crippen LogP contribution in [0.25, 0.3) is 0 Å². The van der Waals surface area contributed by atoms with Gasteiger partial charge in [0.15, 0.2) is 0 Å². The third-order valence-corrected chi connectivity index (χ3v) is 3.53. The molecule has 0 bridgehead atoms. The molecule has 2 rings (SSSR count). The number of aromatic nitrogens is 1. The van der Waals surface area contributed by atoms with Gasteiger partial charge in [-0.2, -0.15) is 0 Å². The summed E-state index contributed by atoms with van der Waals surface area (Å²) in [5.41, 5.74) is 2.79. The Bertz CT molecular complexity index is 524. The molecular formula is C18H23N3O. The van der Waals surface area contributed by atoms with Crippen molar-refractivity contribution in [2.45, 2.75) is 13.8 Å². The van der Waals surface area contributed by atoms with Crippen LogP contribution >= 0.6 is 0 Å². The van der Waals surface area contributed by atoms with Gasteiger partial charge in [0.25, 0.3) is 0 Å². The van der Waals surface area contributed by atoms with E-state index in [9.17, 15) is 0 Å². The van der Waals surface area contributed by atoms with E-state index in [4.69, 9.17) is 4.84 Å². The number of nitrogens with zero attached hydrogens (tertiary/aromatic N) is 3. The fourth-order valence-corrected chi connectivity index (χ4v) is 2.19. The molecule has 0 N–H and O–H groups in total. The first-order valence-electron chi connectivity index (χ1n) is 7.73. The van der Waals surface area contributed by atoms with Crippen LogP contribution in [0.1, 0.15) is 25.0 Å². The predicted octanol–water partition coefficient (Wildman–Crippen LogP) is 3.19. The molecule has 1 heterocycles.